The summed E-state index contributed by atoms with van der Waals surface area (Å²) in [4.78, 5) is 12.4. The van der Waals surface area contributed by atoms with E-state index in [1.807, 2.05) is 0 Å². The van der Waals surface area contributed by atoms with Gasteiger partial charge >= 0.3 is 0 Å². The number of ketones is 1. The molecule has 130 valence electrons. The number of hydrogen-bond donors (Lipinski definition) is 3. The fraction of sp³-hybridized carbons (Fsp3) is 0.947. The first-order valence-electron chi connectivity index (χ1n) is 9.33. The quantitative estimate of drug-likeness (QED) is 0.598. The Balaban J connectivity index is 1.68. The van der Waals surface area contributed by atoms with Crippen LogP contribution in [0.15, 0.2) is 0 Å². The minimum atomic E-state index is -1.57. The molecule has 0 aliphatic heterocycles. The average Bonchev–Trinajstić information content (AvgIpc) is 2.77. The van der Waals surface area contributed by atoms with E-state index in [1.54, 1.807) is 0 Å². The van der Waals surface area contributed by atoms with Gasteiger partial charge < -0.3 is 15.3 Å². The molecular formula is C19H30O4. The maximum atomic E-state index is 12.4. The summed E-state index contributed by atoms with van der Waals surface area (Å²) in [5, 5.41) is 31.0. The predicted octanol–water partition coefficient (Wildman–Crippen LogP) is 2.25. The fourth-order valence-electron chi connectivity index (χ4n) is 6.97. The van der Waals surface area contributed by atoms with Crippen molar-refractivity contribution in [3.8, 4) is 0 Å². The Morgan fingerprint density at radius 3 is 2.52 bits per heavy atom. The first-order chi connectivity index (χ1) is 10.7. The Bertz CT molecular complexity index is 529. The maximum absolute atomic E-state index is 12.4. The molecule has 0 radical (unpaired) electrons. The highest BCUT2D eigenvalue weighted by molar-refractivity contribution is 5.87. The van der Waals surface area contributed by atoms with Crippen LogP contribution in [-0.4, -0.2) is 33.0 Å². The number of rotatable bonds is 0. The lowest BCUT2D eigenvalue weighted by molar-refractivity contribution is -0.244. The van der Waals surface area contributed by atoms with Crippen LogP contribution in [0, 0.1) is 34.5 Å². The van der Waals surface area contributed by atoms with E-state index in [0.717, 1.165) is 25.7 Å². The van der Waals surface area contributed by atoms with Gasteiger partial charge in [0.1, 0.15) is 5.78 Å². The van der Waals surface area contributed by atoms with Gasteiger partial charge in [0.2, 0.25) is 0 Å². The highest BCUT2D eigenvalue weighted by atomic mass is 16.5. The molecule has 3 N–H and O–H groups in total. The van der Waals surface area contributed by atoms with Crippen molar-refractivity contribution in [1.82, 2.24) is 0 Å². The van der Waals surface area contributed by atoms with Crippen LogP contribution in [0.1, 0.15) is 65.2 Å². The zero-order valence-electron chi connectivity index (χ0n) is 14.3. The van der Waals surface area contributed by atoms with Crippen molar-refractivity contribution in [2.45, 2.75) is 77.1 Å². The van der Waals surface area contributed by atoms with Gasteiger partial charge in [-0.3, -0.25) is 4.79 Å². The van der Waals surface area contributed by atoms with E-state index in [1.165, 1.54) is 0 Å². The minimum absolute atomic E-state index is 0.0752. The number of carbonyl (C=O) groups is 1. The highest BCUT2D eigenvalue weighted by Gasteiger charge is 2.63. The molecule has 4 rings (SSSR count). The molecule has 23 heavy (non-hydrogen) atoms. The first-order valence-corrected chi connectivity index (χ1v) is 9.33. The number of carbonyl (C=O) groups excluding carboxylic acids is 1. The summed E-state index contributed by atoms with van der Waals surface area (Å²) in [6.45, 7) is 4.42. The summed E-state index contributed by atoms with van der Waals surface area (Å²) < 4.78 is 0. The second-order valence-electron chi connectivity index (χ2n) is 9.40. The van der Waals surface area contributed by atoms with Crippen molar-refractivity contribution in [1.29, 1.82) is 0 Å². The molecule has 0 bridgehead atoms. The van der Waals surface area contributed by atoms with Crippen LogP contribution in [0.4, 0.5) is 0 Å². The third-order valence-electron chi connectivity index (χ3n) is 8.43. The lowest BCUT2D eigenvalue weighted by Crippen LogP contribution is -2.60. The van der Waals surface area contributed by atoms with Crippen LogP contribution in [0.5, 0.6) is 0 Å². The third kappa shape index (κ3) is 2.11. The molecule has 4 saturated carbocycles. The number of Topliss-reactive ketones (excluding diaryl/α,β-unsaturated/α-hetero) is 1. The summed E-state index contributed by atoms with van der Waals surface area (Å²) in [5.41, 5.74) is -0.149. The molecule has 7 atom stereocenters. The largest absolute Gasteiger partial charge is 0.393 e. The van der Waals surface area contributed by atoms with Gasteiger partial charge in [-0.05, 0) is 61.2 Å². The van der Waals surface area contributed by atoms with Crippen LogP contribution in [0.2, 0.25) is 0 Å². The van der Waals surface area contributed by atoms with Crippen LogP contribution >= 0.6 is 0 Å². The van der Waals surface area contributed by atoms with E-state index in [-0.39, 0.29) is 22.7 Å². The van der Waals surface area contributed by atoms with E-state index >= 15 is 0 Å². The van der Waals surface area contributed by atoms with Gasteiger partial charge in [0, 0.05) is 24.7 Å². The van der Waals surface area contributed by atoms with Gasteiger partial charge in [-0.25, -0.2) is 0 Å². The molecule has 4 aliphatic carbocycles. The third-order valence-corrected chi connectivity index (χ3v) is 8.43. The van der Waals surface area contributed by atoms with Crippen molar-refractivity contribution in [3.05, 3.63) is 0 Å². The van der Waals surface area contributed by atoms with E-state index < -0.39 is 11.9 Å². The number of aliphatic hydroxyl groups is 3. The molecule has 0 aromatic carbocycles. The molecule has 0 heterocycles. The molecule has 0 spiro atoms. The molecule has 0 aromatic heterocycles. The van der Waals surface area contributed by atoms with Crippen LogP contribution < -0.4 is 0 Å². The second-order valence-corrected chi connectivity index (χ2v) is 9.40. The Kier molecular flexibility index (Phi) is 3.35. The molecule has 0 amide bonds. The van der Waals surface area contributed by atoms with E-state index in [9.17, 15) is 20.1 Å². The molecule has 4 nitrogen and oxygen atoms in total. The minimum Gasteiger partial charge on any atom is -0.393 e. The zero-order chi connectivity index (χ0) is 16.6. The molecule has 1 unspecified atom stereocenters. The standard InChI is InChI=1S/C19H30O4/c1-17-7-8-19(22,23)10-11(17)9-14(20)16-12-3-4-15(21)18(12,2)6-5-13(16)17/h11-14,16,20,22-23H,3-10H2,1-2H3/t11?,12-,13-,14-,16-,17-,18-/m0/s1. The number of fused-ring (bicyclic) bond motifs is 5. The van der Waals surface area contributed by atoms with Gasteiger partial charge in [-0.15, -0.1) is 0 Å². The summed E-state index contributed by atoms with van der Waals surface area (Å²) >= 11 is 0. The van der Waals surface area contributed by atoms with Gasteiger partial charge in [-0.1, -0.05) is 13.8 Å². The Hall–Kier alpha value is -0.450. The average molecular weight is 322 g/mol. The molecule has 0 saturated heterocycles. The van der Waals surface area contributed by atoms with E-state index in [4.69, 9.17) is 0 Å². The molecule has 4 aliphatic rings. The van der Waals surface area contributed by atoms with E-state index in [0.29, 0.717) is 43.3 Å². The summed E-state index contributed by atoms with van der Waals surface area (Å²) in [7, 11) is 0. The second kappa shape index (κ2) is 4.80. The highest BCUT2D eigenvalue weighted by Crippen LogP contribution is 2.65. The van der Waals surface area contributed by atoms with Crippen molar-refractivity contribution in [3.63, 3.8) is 0 Å². The molecular weight excluding hydrogens is 292 g/mol. The van der Waals surface area contributed by atoms with Crippen LogP contribution in [0.25, 0.3) is 0 Å². The van der Waals surface area contributed by atoms with Crippen molar-refractivity contribution in [2.24, 2.45) is 34.5 Å². The van der Waals surface area contributed by atoms with Crippen molar-refractivity contribution >= 4 is 5.78 Å². The molecule has 0 aromatic rings. The van der Waals surface area contributed by atoms with Gasteiger partial charge in [0.15, 0.2) is 5.79 Å². The Labute approximate surface area is 138 Å². The zero-order valence-corrected chi connectivity index (χ0v) is 14.3. The van der Waals surface area contributed by atoms with Crippen molar-refractivity contribution in [2.75, 3.05) is 0 Å². The first kappa shape index (κ1) is 16.0. The Morgan fingerprint density at radius 1 is 1.04 bits per heavy atom. The summed E-state index contributed by atoms with van der Waals surface area (Å²) in [5.74, 6) is -0.0552. The lowest BCUT2D eigenvalue weighted by Gasteiger charge is -2.62. The normalized spacial score (nSPS) is 55.0. The fourth-order valence-corrected chi connectivity index (χ4v) is 6.97. The van der Waals surface area contributed by atoms with Gasteiger partial charge in [-0.2, -0.15) is 0 Å². The topological polar surface area (TPSA) is 77.8 Å². The number of hydrogen-bond acceptors (Lipinski definition) is 4. The van der Waals surface area contributed by atoms with Crippen molar-refractivity contribution < 1.29 is 20.1 Å². The molecule has 4 heteroatoms. The summed E-state index contributed by atoms with van der Waals surface area (Å²) in [6.07, 6.45) is 5.42. The van der Waals surface area contributed by atoms with Gasteiger partial charge in [0.25, 0.3) is 0 Å². The number of aliphatic hydroxyl groups excluding tert-OH is 1. The monoisotopic (exact) mass is 322 g/mol. The van der Waals surface area contributed by atoms with Crippen LogP contribution in [-0.2, 0) is 4.79 Å². The van der Waals surface area contributed by atoms with Crippen LogP contribution in [0.3, 0.4) is 0 Å². The SMILES string of the molecule is C[C@]12CCC(O)(O)CC1C[C@H](O)[C@@H]1[C@@H]2CC[C@]2(C)C(=O)CC[C@@H]12. The maximum Gasteiger partial charge on any atom is 0.162 e. The Morgan fingerprint density at radius 2 is 1.78 bits per heavy atom. The van der Waals surface area contributed by atoms with E-state index in [2.05, 4.69) is 13.8 Å². The summed E-state index contributed by atoms with van der Waals surface area (Å²) in [6, 6.07) is 0. The predicted molar refractivity (Wildman–Crippen MR) is 85.3 cm³/mol. The van der Waals surface area contributed by atoms with Gasteiger partial charge in [0.05, 0.1) is 6.10 Å². The smallest absolute Gasteiger partial charge is 0.162 e. The lowest BCUT2D eigenvalue weighted by atomic mass is 9.44. The molecule has 4 fully saturated rings.